The van der Waals surface area contributed by atoms with E-state index in [1.165, 1.54) is 49.6 Å². The summed E-state index contributed by atoms with van der Waals surface area (Å²) in [7, 11) is -2.20. The molecule has 160 valence electrons. The number of carbonyl (C=O) groups excluding carboxylic acids is 1. The van der Waals surface area contributed by atoms with Gasteiger partial charge in [0, 0.05) is 24.7 Å². The standard InChI is InChI=1S/C22H32N2O4S/c1-28-20-11-9-18(15-21(20)29(26,27)24-12-4-5-13-24)22(25)23-19-10-8-16-6-2-3-7-17(16)14-19/h9,11,15-17,19H,2-8,10,12-14H2,1H3,(H,23,25). The molecule has 1 heterocycles. The molecule has 3 aliphatic rings. The summed E-state index contributed by atoms with van der Waals surface area (Å²) in [6, 6.07) is 4.91. The third-order valence-corrected chi connectivity index (χ3v) is 8.90. The summed E-state index contributed by atoms with van der Waals surface area (Å²) < 4.78 is 32.9. The van der Waals surface area contributed by atoms with Gasteiger partial charge in [0.1, 0.15) is 10.6 Å². The second kappa shape index (κ2) is 8.64. The summed E-state index contributed by atoms with van der Waals surface area (Å²) in [6.07, 6.45) is 10.2. The number of fused-ring (bicyclic) bond motifs is 1. The van der Waals surface area contributed by atoms with Crippen molar-refractivity contribution in [2.24, 2.45) is 11.8 Å². The fourth-order valence-corrected chi connectivity index (χ4v) is 7.06. The Morgan fingerprint density at radius 1 is 1.03 bits per heavy atom. The highest BCUT2D eigenvalue weighted by atomic mass is 32.2. The van der Waals surface area contributed by atoms with E-state index in [1.807, 2.05) is 0 Å². The van der Waals surface area contributed by atoms with Crippen LogP contribution >= 0.6 is 0 Å². The fourth-order valence-electron chi connectivity index (χ4n) is 5.36. The molecule has 1 N–H and O–H groups in total. The molecule has 0 spiro atoms. The fraction of sp³-hybridized carbons (Fsp3) is 0.682. The zero-order chi connectivity index (χ0) is 20.4. The van der Waals surface area contributed by atoms with Crippen LogP contribution in [0.25, 0.3) is 0 Å². The van der Waals surface area contributed by atoms with Gasteiger partial charge in [0.05, 0.1) is 7.11 Å². The van der Waals surface area contributed by atoms with Crippen molar-refractivity contribution in [1.29, 1.82) is 0 Å². The normalized spacial score (nSPS) is 28.0. The molecule has 1 aromatic carbocycles. The van der Waals surface area contributed by atoms with Crippen molar-refractivity contribution in [1.82, 2.24) is 9.62 Å². The van der Waals surface area contributed by atoms with Crippen LogP contribution in [-0.2, 0) is 10.0 Å². The van der Waals surface area contributed by atoms with E-state index < -0.39 is 10.0 Å². The van der Waals surface area contributed by atoms with Gasteiger partial charge in [-0.3, -0.25) is 4.79 Å². The number of amides is 1. The molecule has 1 aliphatic heterocycles. The van der Waals surface area contributed by atoms with Gasteiger partial charge in [-0.25, -0.2) is 8.42 Å². The van der Waals surface area contributed by atoms with Gasteiger partial charge >= 0.3 is 0 Å². The number of sulfonamides is 1. The lowest BCUT2D eigenvalue weighted by Gasteiger charge is -2.39. The number of methoxy groups -OCH3 is 1. The predicted molar refractivity (Wildman–Crippen MR) is 112 cm³/mol. The zero-order valence-electron chi connectivity index (χ0n) is 17.2. The van der Waals surface area contributed by atoms with Crippen molar-refractivity contribution in [3.05, 3.63) is 23.8 Å². The Labute approximate surface area is 174 Å². The molecule has 7 heteroatoms. The van der Waals surface area contributed by atoms with Gasteiger partial charge in [0.15, 0.2) is 0 Å². The molecule has 4 rings (SSSR count). The second-order valence-electron chi connectivity index (χ2n) is 8.76. The van der Waals surface area contributed by atoms with Gasteiger partial charge < -0.3 is 10.1 Å². The first-order valence-corrected chi connectivity index (χ1v) is 12.4. The molecule has 3 unspecified atom stereocenters. The molecule has 1 saturated heterocycles. The van der Waals surface area contributed by atoms with Crippen molar-refractivity contribution in [3.63, 3.8) is 0 Å². The number of ether oxygens (including phenoxy) is 1. The number of rotatable bonds is 5. The Bertz CT molecular complexity index is 848. The molecule has 6 nitrogen and oxygen atoms in total. The smallest absolute Gasteiger partial charge is 0.251 e. The first-order valence-electron chi connectivity index (χ1n) is 11.0. The van der Waals surface area contributed by atoms with Crippen LogP contribution in [0.1, 0.15) is 68.1 Å². The van der Waals surface area contributed by atoms with E-state index in [2.05, 4.69) is 5.32 Å². The number of hydrogen-bond donors (Lipinski definition) is 1. The average Bonchev–Trinajstić information content (AvgIpc) is 3.29. The van der Waals surface area contributed by atoms with Crippen LogP contribution in [0, 0.1) is 11.8 Å². The van der Waals surface area contributed by atoms with Gasteiger partial charge in [-0.05, 0) is 62.1 Å². The van der Waals surface area contributed by atoms with Crippen molar-refractivity contribution < 1.29 is 17.9 Å². The molecule has 2 saturated carbocycles. The van der Waals surface area contributed by atoms with E-state index >= 15 is 0 Å². The Balaban J connectivity index is 1.50. The minimum Gasteiger partial charge on any atom is -0.495 e. The Hall–Kier alpha value is -1.60. The van der Waals surface area contributed by atoms with E-state index in [9.17, 15) is 13.2 Å². The number of nitrogens with one attached hydrogen (secondary N) is 1. The van der Waals surface area contributed by atoms with E-state index in [0.29, 0.717) is 18.7 Å². The number of nitrogens with zero attached hydrogens (tertiary/aromatic N) is 1. The van der Waals surface area contributed by atoms with Crippen LogP contribution in [-0.4, -0.2) is 44.9 Å². The van der Waals surface area contributed by atoms with E-state index in [0.717, 1.165) is 37.5 Å². The zero-order valence-corrected chi connectivity index (χ0v) is 18.0. The summed E-state index contributed by atoms with van der Waals surface area (Å²) >= 11 is 0. The number of benzene rings is 1. The molecule has 1 aromatic rings. The third-order valence-electron chi connectivity index (χ3n) is 6.98. The lowest BCUT2D eigenvalue weighted by atomic mass is 9.69. The van der Waals surface area contributed by atoms with Gasteiger partial charge in [0.25, 0.3) is 5.91 Å². The van der Waals surface area contributed by atoms with Crippen LogP contribution in [0.4, 0.5) is 0 Å². The summed E-state index contributed by atoms with van der Waals surface area (Å²) in [5, 5.41) is 3.17. The first-order chi connectivity index (χ1) is 14.0. The predicted octanol–water partition coefficient (Wildman–Crippen LogP) is 3.57. The first kappa shape index (κ1) is 20.7. The van der Waals surface area contributed by atoms with Crippen LogP contribution in [0.2, 0.25) is 0 Å². The third kappa shape index (κ3) is 4.31. The minimum absolute atomic E-state index is 0.0885. The van der Waals surface area contributed by atoms with E-state index in [-0.39, 0.29) is 22.6 Å². The largest absolute Gasteiger partial charge is 0.495 e. The second-order valence-corrected chi connectivity index (χ2v) is 10.7. The molecule has 1 amide bonds. The SMILES string of the molecule is COc1ccc(C(=O)NC2CCC3CCCCC3C2)cc1S(=O)(=O)N1CCCC1. The molecule has 0 radical (unpaired) electrons. The molecule has 3 fully saturated rings. The van der Waals surface area contributed by atoms with E-state index in [4.69, 9.17) is 4.74 Å². The molecular formula is C22H32N2O4S. The number of hydrogen-bond acceptors (Lipinski definition) is 4. The van der Waals surface area contributed by atoms with Crippen molar-refractivity contribution in [3.8, 4) is 5.75 Å². The number of carbonyl (C=O) groups is 1. The molecule has 0 bridgehead atoms. The van der Waals surface area contributed by atoms with Gasteiger partial charge in [0.2, 0.25) is 10.0 Å². The maximum absolute atomic E-state index is 13.1. The highest BCUT2D eigenvalue weighted by molar-refractivity contribution is 7.89. The highest BCUT2D eigenvalue weighted by Crippen LogP contribution is 2.40. The monoisotopic (exact) mass is 420 g/mol. The maximum atomic E-state index is 13.1. The Morgan fingerprint density at radius 2 is 1.76 bits per heavy atom. The lowest BCUT2D eigenvalue weighted by molar-refractivity contribution is 0.0879. The summed E-state index contributed by atoms with van der Waals surface area (Å²) in [5.74, 6) is 1.65. The molecular weight excluding hydrogens is 388 g/mol. The van der Waals surface area contributed by atoms with Crippen LogP contribution in [0.15, 0.2) is 23.1 Å². The molecule has 3 atom stereocenters. The van der Waals surface area contributed by atoms with Crippen LogP contribution in [0.5, 0.6) is 5.75 Å². The Kier molecular flexibility index (Phi) is 6.16. The quantitative estimate of drug-likeness (QED) is 0.790. The van der Waals surface area contributed by atoms with Gasteiger partial charge in [-0.1, -0.05) is 25.7 Å². The molecule has 2 aliphatic carbocycles. The van der Waals surface area contributed by atoms with Gasteiger partial charge in [-0.2, -0.15) is 4.31 Å². The van der Waals surface area contributed by atoms with E-state index in [1.54, 1.807) is 12.1 Å². The van der Waals surface area contributed by atoms with Crippen molar-refractivity contribution >= 4 is 15.9 Å². The van der Waals surface area contributed by atoms with Crippen LogP contribution in [0.3, 0.4) is 0 Å². The highest BCUT2D eigenvalue weighted by Gasteiger charge is 2.34. The minimum atomic E-state index is -3.66. The lowest BCUT2D eigenvalue weighted by Crippen LogP contribution is -2.41. The van der Waals surface area contributed by atoms with Crippen molar-refractivity contribution in [2.45, 2.75) is 68.7 Å². The summed E-state index contributed by atoms with van der Waals surface area (Å²) in [4.78, 5) is 13.0. The summed E-state index contributed by atoms with van der Waals surface area (Å²) in [5.41, 5.74) is 0.384. The van der Waals surface area contributed by atoms with Gasteiger partial charge in [-0.15, -0.1) is 0 Å². The van der Waals surface area contributed by atoms with Crippen molar-refractivity contribution in [2.75, 3.05) is 20.2 Å². The molecule has 29 heavy (non-hydrogen) atoms. The maximum Gasteiger partial charge on any atom is 0.251 e. The molecule has 0 aromatic heterocycles. The average molecular weight is 421 g/mol. The topological polar surface area (TPSA) is 75.7 Å². The summed E-state index contributed by atoms with van der Waals surface area (Å²) in [6.45, 7) is 1.04. The van der Waals surface area contributed by atoms with Crippen LogP contribution < -0.4 is 10.1 Å². The Morgan fingerprint density at radius 3 is 2.48 bits per heavy atom.